The molecular formula is C29H31F6N5O6. The van der Waals surface area contributed by atoms with Crippen molar-refractivity contribution in [3.8, 4) is 11.6 Å². The summed E-state index contributed by atoms with van der Waals surface area (Å²) >= 11 is 0. The minimum atomic E-state index is -5.08. The molecule has 17 heteroatoms. The molecule has 1 aromatic heterocycles. The van der Waals surface area contributed by atoms with Crippen LogP contribution in [0.2, 0.25) is 0 Å². The minimum absolute atomic E-state index is 0.0745. The molecule has 2 fully saturated rings. The molecule has 250 valence electrons. The molecule has 1 aromatic carbocycles. The smallest absolute Gasteiger partial charge is 0.481 e. The maximum atomic E-state index is 13.5. The van der Waals surface area contributed by atoms with E-state index in [1.807, 2.05) is 13.8 Å². The van der Waals surface area contributed by atoms with Crippen molar-refractivity contribution in [1.82, 2.24) is 20.5 Å². The Kier molecular flexibility index (Phi) is 9.45. The summed E-state index contributed by atoms with van der Waals surface area (Å²) in [5, 5.41) is 21.6. The Morgan fingerprint density at radius 3 is 2.35 bits per heavy atom. The standard InChI is InChI=1S/C27H30F3N5O4.C2HF3O2/c1-26(2)12-22(36)35(25(31)34-26)23(14-8-9-21(38-3)32-13-14)16-10-17(16)24(37)33-18-11-20(27(28,29)30)39-19-7-5-4-6-15(18)19;3-2(4,5)1(6)7/h4-9,13,16-18,20,23H,10-12H2,1-3H3,(H2,31,34)(H,33,37);(H,6,7)/t16-,17-,18+,20-,23?;/m1./s1. The first kappa shape index (κ1) is 34.3. The van der Waals surface area contributed by atoms with Crippen molar-refractivity contribution in [3.05, 3.63) is 53.7 Å². The van der Waals surface area contributed by atoms with E-state index in [0.29, 0.717) is 23.4 Å². The number of hydrogen-bond donors (Lipinski definition) is 4. The zero-order chi connectivity index (χ0) is 34.2. The number of alkyl halides is 6. The first-order chi connectivity index (χ1) is 21.3. The molecule has 3 heterocycles. The number of rotatable bonds is 6. The van der Waals surface area contributed by atoms with Crippen molar-refractivity contribution in [2.24, 2.45) is 11.8 Å². The van der Waals surface area contributed by atoms with Crippen LogP contribution in [0, 0.1) is 17.2 Å². The molecule has 1 unspecified atom stereocenters. The fourth-order valence-electron chi connectivity index (χ4n) is 5.48. The summed E-state index contributed by atoms with van der Waals surface area (Å²) in [7, 11) is 1.48. The Morgan fingerprint density at radius 2 is 1.80 bits per heavy atom. The molecule has 5 atom stereocenters. The number of amides is 2. The summed E-state index contributed by atoms with van der Waals surface area (Å²) in [5.74, 6) is -3.96. The third kappa shape index (κ3) is 7.80. The van der Waals surface area contributed by atoms with Crippen molar-refractivity contribution < 1.29 is 55.3 Å². The summed E-state index contributed by atoms with van der Waals surface area (Å²) in [5.41, 5.74) is 0.516. The van der Waals surface area contributed by atoms with Crippen molar-refractivity contribution >= 4 is 23.7 Å². The Morgan fingerprint density at radius 1 is 1.15 bits per heavy atom. The molecule has 2 aliphatic heterocycles. The number of carboxylic acids is 1. The molecule has 11 nitrogen and oxygen atoms in total. The lowest BCUT2D eigenvalue weighted by Gasteiger charge is -2.42. The molecule has 1 saturated carbocycles. The topological polar surface area (TPSA) is 154 Å². The number of ether oxygens (including phenoxy) is 2. The van der Waals surface area contributed by atoms with Crippen LogP contribution in [-0.2, 0) is 14.4 Å². The van der Waals surface area contributed by atoms with Crippen LogP contribution in [0.3, 0.4) is 0 Å². The second-order valence-corrected chi connectivity index (χ2v) is 11.7. The van der Waals surface area contributed by atoms with E-state index in [0.717, 1.165) is 0 Å². The molecule has 5 rings (SSSR count). The number of hydrogen-bond acceptors (Lipinski definition) is 7. The largest absolute Gasteiger partial charge is 0.490 e. The van der Waals surface area contributed by atoms with E-state index in [9.17, 15) is 35.9 Å². The number of benzene rings is 1. The Bertz CT molecular complexity index is 1460. The molecule has 2 aromatic rings. The SMILES string of the molecule is COc1ccc(C([C@@H]2C[C@H]2C(=O)N[C@H]2C[C@H](C(F)(F)F)Oc3ccccc32)N2C(=N)NC(C)(C)CC2=O)cn1.O=C(O)C(F)(F)F. The quantitative estimate of drug-likeness (QED) is 0.331. The highest BCUT2D eigenvalue weighted by atomic mass is 19.4. The molecule has 4 N–H and O–H groups in total. The van der Waals surface area contributed by atoms with Gasteiger partial charge in [-0.25, -0.2) is 9.78 Å². The lowest BCUT2D eigenvalue weighted by Crippen LogP contribution is -2.60. The summed E-state index contributed by atoms with van der Waals surface area (Å²) in [6, 6.07) is 8.22. The van der Waals surface area contributed by atoms with Gasteiger partial charge in [0.05, 0.1) is 19.2 Å². The number of carboxylic acid groups (broad SMARTS) is 1. The van der Waals surface area contributed by atoms with Crippen LogP contribution < -0.4 is 20.1 Å². The summed E-state index contributed by atoms with van der Waals surface area (Å²) in [6.45, 7) is 3.65. The van der Waals surface area contributed by atoms with Crippen molar-refractivity contribution in [3.63, 3.8) is 0 Å². The predicted octanol–water partition coefficient (Wildman–Crippen LogP) is 4.51. The second-order valence-electron chi connectivity index (χ2n) is 11.7. The lowest BCUT2D eigenvalue weighted by molar-refractivity contribution is -0.201. The van der Waals surface area contributed by atoms with Crippen molar-refractivity contribution in [1.29, 1.82) is 5.41 Å². The van der Waals surface area contributed by atoms with Crippen LogP contribution in [-0.4, -0.2) is 69.8 Å². The van der Waals surface area contributed by atoms with Gasteiger partial charge in [0.2, 0.25) is 17.7 Å². The van der Waals surface area contributed by atoms with Gasteiger partial charge in [0.25, 0.3) is 0 Å². The predicted molar refractivity (Wildman–Crippen MR) is 148 cm³/mol. The molecule has 3 aliphatic rings. The molecule has 46 heavy (non-hydrogen) atoms. The van der Waals surface area contributed by atoms with Crippen LogP contribution in [0.15, 0.2) is 42.6 Å². The van der Waals surface area contributed by atoms with Gasteiger partial charge in [-0.1, -0.05) is 24.3 Å². The second kappa shape index (κ2) is 12.7. The van der Waals surface area contributed by atoms with E-state index in [2.05, 4.69) is 15.6 Å². The zero-order valence-electron chi connectivity index (χ0n) is 24.7. The van der Waals surface area contributed by atoms with Gasteiger partial charge in [0.15, 0.2) is 12.1 Å². The van der Waals surface area contributed by atoms with E-state index in [4.69, 9.17) is 24.8 Å². The minimum Gasteiger partial charge on any atom is -0.481 e. The van der Waals surface area contributed by atoms with Crippen molar-refractivity contribution in [2.45, 2.75) is 69.2 Å². The maximum absolute atomic E-state index is 13.5. The highest BCUT2D eigenvalue weighted by Crippen LogP contribution is 2.51. The molecular weight excluding hydrogens is 628 g/mol. The molecule has 2 amide bonds. The average molecular weight is 660 g/mol. The fourth-order valence-corrected chi connectivity index (χ4v) is 5.48. The van der Waals surface area contributed by atoms with Gasteiger partial charge in [0, 0.05) is 42.1 Å². The normalized spacial score (nSPS) is 24.2. The molecule has 1 saturated heterocycles. The first-order valence-corrected chi connectivity index (χ1v) is 13.9. The van der Waals surface area contributed by atoms with Gasteiger partial charge < -0.3 is 25.2 Å². The number of aliphatic carboxylic acids is 1. The monoisotopic (exact) mass is 659 g/mol. The zero-order valence-corrected chi connectivity index (χ0v) is 24.7. The van der Waals surface area contributed by atoms with Crippen LogP contribution in [0.1, 0.15) is 56.3 Å². The third-order valence-electron chi connectivity index (χ3n) is 7.67. The Labute approximate surface area is 258 Å². The number of guanidine groups is 1. The van der Waals surface area contributed by atoms with Gasteiger partial charge in [-0.15, -0.1) is 0 Å². The van der Waals surface area contributed by atoms with Crippen LogP contribution in [0.4, 0.5) is 26.3 Å². The average Bonchev–Trinajstić information content (AvgIpc) is 3.74. The number of fused-ring (bicyclic) bond motifs is 1. The van der Waals surface area contributed by atoms with Gasteiger partial charge in [-0.2, -0.15) is 26.3 Å². The number of pyridine rings is 1. The highest BCUT2D eigenvalue weighted by molar-refractivity contribution is 5.99. The first-order valence-electron chi connectivity index (χ1n) is 13.9. The number of carbonyl (C=O) groups is 3. The number of aromatic nitrogens is 1. The molecule has 0 radical (unpaired) electrons. The number of nitrogens with zero attached hydrogens (tertiary/aromatic N) is 2. The highest BCUT2D eigenvalue weighted by Gasteiger charge is 2.54. The van der Waals surface area contributed by atoms with Crippen LogP contribution >= 0.6 is 0 Å². The van der Waals surface area contributed by atoms with Crippen LogP contribution in [0.5, 0.6) is 11.6 Å². The number of para-hydroxylation sites is 1. The Balaban J connectivity index is 0.000000617. The summed E-state index contributed by atoms with van der Waals surface area (Å²) in [4.78, 5) is 41.1. The van der Waals surface area contributed by atoms with Gasteiger partial charge in [0.1, 0.15) is 5.75 Å². The van der Waals surface area contributed by atoms with E-state index in [1.54, 1.807) is 36.5 Å². The fraction of sp³-hybridized carbons (Fsp3) is 0.483. The molecule has 0 spiro atoms. The summed E-state index contributed by atoms with van der Waals surface area (Å²) < 4.78 is 82.7. The van der Waals surface area contributed by atoms with Gasteiger partial charge in [-0.3, -0.25) is 19.9 Å². The van der Waals surface area contributed by atoms with Crippen molar-refractivity contribution in [2.75, 3.05) is 7.11 Å². The van der Waals surface area contributed by atoms with Gasteiger partial charge in [-0.05, 0) is 37.8 Å². The lowest BCUT2D eigenvalue weighted by atomic mass is 9.93. The van der Waals surface area contributed by atoms with Gasteiger partial charge >= 0.3 is 18.3 Å². The van der Waals surface area contributed by atoms with Crippen LogP contribution in [0.25, 0.3) is 0 Å². The maximum Gasteiger partial charge on any atom is 0.490 e. The van der Waals surface area contributed by atoms with E-state index in [-0.39, 0.29) is 30.0 Å². The Hall–Kier alpha value is -4.57. The number of halogens is 6. The number of methoxy groups -OCH3 is 1. The molecule has 0 bridgehead atoms. The number of carbonyl (C=O) groups excluding carboxylic acids is 2. The molecule has 1 aliphatic carbocycles. The summed E-state index contributed by atoms with van der Waals surface area (Å²) in [6.07, 6.45) is -10.0. The van der Waals surface area contributed by atoms with E-state index >= 15 is 0 Å². The van der Waals surface area contributed by atoms with E-state index in [1.165, 1.54) is 18.1 Å². The third-order valence-corrected chi connectivity index (χ3v) is 7.67. The number of nitrogens with one attached hydrogen (secondary N) is 3. The van der Waals surface area contributed by atoms with E-state index < -0.39 is 60.3 Å².